The Kier molecular flexibility index (Phi) is 7.89. The molecule has 0 aromatic rings. The molecule has 0 aromatic carbocycles. The number of aliphatic hydroxyl groups excluding tert-OH is 1. The van der Waals surface area contributed by atoms with E-state index in [1.165, 1.54) is 14.2 Å². The maximum atomic E-state index is 11.3. The Balaban J connectivity index is 3.90. The summed E-state index contributed by atoms with van der Waals surface area (Å²) in [6.45, 7) is 0.379. The van der Waals surface area contributed by atoms with Crippen molar-refractivity contribution in [2.24, 2.45) is 0 Å². The van der Waals surface area contributed by atoms with Gasteiger partial charge in [-0.15, -0.1) is 0 Å². The van der Waals surface area contributed by atoms with Gasteiger partial charge in [0.1, 0.15) is 0 Å². The number of aliphatic hydroxyl groups is 1. The van der Waals surface area contributed by atoms with E-state index in [4.69, 9.17) is 14.6 Å². The molecule has 0 aliphatic heterocycles. The maximum absolute atomic E-state index is 11.3. The van der Waals surface area contributed by atoms with E-state index >= 15 is 0 Å². The summed E-state index contributed by atoms with van der Waals surface area (Å²) in [6.07, 6.45) is -0.0593. The van der Waals surface area contributed by atoms with E-state index in [0.29, 0.717) is 6.61 Å². The average molecular weight is 241 g/mol. The third-order valence-electron chi connectivity index (χ3n) is 1.79. The molecule has 1 unspecified atom stereocenters. The van der Waals surface area contributed by atoms with Crippen molar-refractivity contribution in [1.82, 2.24) is 4.72 Å². The Morgan fingerprint density at radius 3 is 2.53 bits per heavy atom. The summed E-state index contributed by atoms with van der Waals surface area (Å²) >= 11 is 0. The molecule has 0 amide bonds. The predicted octanol–water partition coefficient (Wildman–Crippen LogP) is -1.05. The van der Waals surface area contributed by atoms with Crippen LogP contribution in [0.1, 0.15) is 6.42 Å². The van der Waals surface area contributed by atoms with Crippen LogP contribution in [0.4, 0.5) is 0 Å². The molecule has 6 nitrogen and oxygen atoms in total. The van der Waals surface area contributed by atoms with Gasteiger partial charge in [-0.05, 0) is 6.42 Å². The fraction of sp³-hybridized carbons (Fsp3) is 1.00. The number of rotatable bonds is 9. The van der Waals surface area contributed by atoms with Gasteiger partial charge in [-0.2, -0.15) is 0 Å². The number of hydrogen-bond acceptors (Lipinski definition) is 5. The molecule has 0 fully saturated rings. The molecule has 0 heterocycles. The predicted molar refractivity (Wildman–Crippen MR) is 56.2 cm³/mol. The molecule has 0 saturated heterocycles. The Hall–Kier alpha value is -0.210. The Morgan fingerprint density at radius 2 is 2.07 bits per heavy atom. The highest BCUT2D eigenvalue weighted by Gasteiger charge is 2.13. The smallest absolute Gasteiger partial charge is 0.211 e. The van der Waals surface area contributed by atoms with Crippen molar-refractivity contribution >= 4 is 10.0 Å². The van der Waals surface area contributed by atoms with Crippen molar-refractivity contribution in [3.63, 3.8) is 0 Å². The summed E-state index contributed by atoms with van der Waals surface area (Å²) < 4.78 is 34.8. The number of sulfonamides is 1. The first-order valence-corrected chi connectivity index (χ1v) is 6.31. The van der Waals surface area contributed by atoms with Crippen LogP contribution in [-0.4, -0.2) is 59.4 Å². The lowest BCUT2D eigenvalue weighted by molar-refractivity contribution is 0.0320. The second kappa shape index (κ2) is 8.00. The third-order valence-corrected chi connectivity index (χ3v) is 3.22. The Morgan fingerprint density at radius 1 is 1.40 bits per heavy atom. The van der Waals surface area contributed by atoms with Gasteiger partial charge in [0, 0.05) is 27.4 Å². The normalized spacial score (nSPS) is 14.1. The van der Waals surface area contributed by atoms with Crippen molar-refractivity contribution in [2.75, 3.05) is 39.7 Å². The molecule has 0 saturated carbocycles. The SMILES string of the molecule is COCC(CNS(=O)(=O)CCCO)OC. The fourth-order valence-electron chi connectivity index (χ4n) is 0.943. The van der Waals surface area contributed by atoms with Crippen molar-refractivity contribution in [1.29, 1.82) is 0 Å². The van der Waals surface area contributed by atoms with Crippen molar-refractivity contribution < 1.29 is 23.0 Å². The topological polar surface area (TPSA) is 84.9 Å². The molecule has 7 heteroatoms. The molecule has 2 N–H and O–H groups in total. The minimum atomic E-state index is -3.31. The van der Waals surface area contributed by atoms with Crippen LogP contribution < -0.4 is 4.72 Å². The Bertz CT molecular complexity index is 241. The van der Waals surface area contributed by atoms with E-state index in [9.17, 15) is 8.42 Å². The number of nitrogens with one attached hydrogen (secondary N) is 1. The quantitative estimate of drug-likeness (QED) is 0.538. The lowest BCUT2D eigenvalue weighted by Crippen LogP contribution is -2.36. The van der Waals surface area contributed by atoms with Crippen LogP contribution in [-0.2, 0) is 19.5 Å². The first-order valence-electron chi connectivity index (χ1n) is 4.65. The van der Waals surface area contributed by atoms with Gasteiger partial charge in [0.05, 0.1) is 18.5 Å². The van der Waals surface area contributed by atoms with E-state index in [1.54, 1.807) is 0 Å². The van der Waals surface area contributed by atoms with E-state index in [2.05, 4.69) is 4.72 Å². The standard InChI is InChI=1S/C8H19NO5S/c1-13-7-8(14-2)6-9-15(11,12)5-3-4-10/h8-10H,3-7H2,1-2H3. The summed E-state index contributed by atoms with van der Waals surface area (Å²) in [6, 6.07) is 0. The van der Waals surface area contributed by atoms with Crippen LogP contribution in [0.25, 0.3) is 0 Å². The number of methoxy groups -OCH3 is 2. The van der Waals surface area contributed by atoms with Gasteiger partial charge >= 0.3 is 0 Å². The molecular formula is C8H19NO5S. The number of ether oxygens (including phenoxy) is 2. The molecule has 0 radical (unpaired) electrons. The van der Waals surface area contributed by atoms with Gasteiger partial charge in [-0.3, -0.25) is 0 Å². The maximum Gasteiger partial charge on any atom is 0.211 e. The lowest BCUT2D eigenvalue weighted by Gasteiger charge is -2.14. The van der Waals surface area contributed by atoms with Crippen molar-refractivity contribution in [3.8, 4) is 0 Å². The lowest BCUT2D eigenvalue weighted by atomic mass is 10.4. The fourth-order valence-corrected chi connectivity index (χ4v) is 2.04. The molecule has 15 heavy (non-hydrogen) atoms. The van der Waals surface area contributed by atoms with Gasteiger partial charge in [-0.25, -0.2) is 13.1 Å². The molecule has 1 atom stereocenters. The average Bonchev–Trinajstić information content (AvgIpc) is 2.21. The van der Waals surface area contributed by atoms with Crippen molar-refractivity contribution in [3.05, 3.63) is 0 Å². The van der Waals surface area contributed by atoms with Gasteiger partial charge < -0.3 is 14.6 Å². The summed E-state index contributed by atoms with van der Waals surface area (Å²) in [7, 11) is -0.301. The molecule has 0 aromatic heterocycles. The van der Waals surface area contributed by atoms with E-state index in [0.717, 1.165) is 0 Å². The monoisotopic (exact) mass is 241 g/mol. The van der Waals surface area contributed by atoms with Gasteiger partial charge in [0.2, 0.25) is 10.0 Å². The molecule has 0 aliphatic rings. The van der Waals surface area contributed by atoms with Crippen LogP contribution in [0, 0.1) is 0 Å². The summed E-state index contributed by atoms with van der Waals surface area (Å²) in [5, 5.41) is 8.50. The summed E-state index contributed by atoms with van der Waals surface area (Å²) in [5.41, 5.74) is 0. The molecule has 0 spiro atoms. The third kappa shape index (κ3) is 7.69. The van der Waals surface area contributed by atoms with Crippen molar-refractivity contribution in [2.45, 2.75) is 12.5 Å². The van der Waals surface area contributed by atoms with Crippen LogP contribution in [0.15, 0.2) is 0 Å². The zero-order chi connectivity index (χ0) is 11.7. The van der Waals surface area contributed by atoms with Crippen LogP contribution in [0.3, 0.4) is 0 Å². The number of hydrogen-bond donors (Lipinski definition) is 2. The highest BCUT2D eigenvalue weighted by atomic mass is 32.2. The first-order chi connectivity index (χ1) is 7.05. The summed E-state index contributed by atoms with van der Waals surface area (Å²) in [5.74, 6) is -0.0765. The van der Waals surface area contributed by atoms with Crippen LogP contribution in [0.5, 0.6) is 0 Å². The zero-order valence-electron chi connectivity index (χ0n) is 9.10. The highest BCUT2D eigenvalue weighted by Crippen LogP contribution is 1.93. The largest absolute Gasteiger partial charge is 0.396 e. The molecule has 0 aliphatic carbocycles. The van der Waals surface area contributed by atoms with E-state index in [-0.39, 0.29) is 31.4 Å². The molecule has 0 rings (SSSR count). The second-order valence-electron chi connectivity index (χ2n) is 3.06. The second-order valence-corrected chi connectivity index (χ2v) is 4.98. The molecule has 92 valence electrons. The molecular weight excluding hydrogens is 222 g/mol. The van der Waals surface area contributed by atoms with Gasteiger partial charge in [-0.1, -0.05) is 0 Å². The van der Waals surface area contributed by atoms with Gasteiger partial charge in [0.15, 0.2) is 0 Å². The molecule has 0 bridgehead atoms. The van der Waals surface area contributed by atoms with Crippen LogP contribution >= 0.6 is 0 Å². The van der Waals surface area contributed by atoms with Crippen LogP contribution in [0.2, 0.25) is 0 Å². The minimum absolute atomic E-state index is 0.0765. The minimum Gasteiger partial charge on any atom is -0.396 e. The van der Waals surface area contributed by atoms with E-state index in [1.807, 2.05) is 0 Å². The van der Waals surface area contributed by atoms with Gasteiger partial charge in [0.25, 0.3) is 0 Å². The summed E-state index contributed by atoms with van der Waals surface area (Å²) in [4.78, 5) is 0. The highest BCUT2D eigenvalue weighted by molar-refractivity contribution is 7.89. The first kappa shape index (κ1) is 14.8. The van der Waals surface area contributed by atoms with E-state index < -0.39 is 10.0 Å². The zero-order valence-corrected chi connectivity index (χ0v) is 9.92. The Labute approximate surface area is 90.6 Å².